The standard InChI is InChI=1S/C8H12O2/c1-6(9)7-4-8(7)2-3-10-5-8/h7H,2-5H2,1H3. The van der Waals surface area contributed by atoms with Crippen LogP contribution >= 0.6 is 0 Å². The zero-order valence-electron chi connectivity index (χ0n) is 6.22. The van der Waals surface area contributed by atoms with Gasteiger partial charge in [0.2, 0.25) is 0 Å². The molecule has 2 atom stereocenters. The second-order valence-corrected chi connectivity index (χ2v) is 3.53. The third kappa shape index (κ3) is 0.717. The highest BCUT2D eigenvalue weighted by Crippen LogP contribution is 2.58. The van der Waals surface area contributed by atoms with Crippen LogP contribution in [-0.4, -0.2) is 19.0 Å². The molecule has 0 aromatic heterocycles. The van der Waals surface area contributed by atoms with Crippen LogP contribution in [0.1, 0.15) is 19.8 Å². The molecule has 2 unspecified atom stereocenters. The molecule has 2 fully saturated rings. The average Bonchev–Trinajstić information content (AvgIpc) is 2.32. The van der Waals surface area contributed by atoms with E-state index in [0.29, 0.717) is 17.1 Å². The van der Waals surface area contributed by atoms with Crippen LogP contribution in [0.4, 0.5) is 0 Å². The van der Waals surface area contributed by atoms with Gasteiger partial charge in [0.15, 0.2) is 0 Å². The van der Waals surface area contributed by atoms with Gasteiger partial charge in [0, 0.05) is 17.9 Å². The highest BCUT2D eigenvalue weighted by atomic mass is 16.5. The molecule has 1 aliphatic carbocycles. The monoisotopic (exact) mass is 140 g/mol. The first-order valence-electron chi connectivity index (χ1n) is 3.83. The minimum Gasteiger partial charge on any atom is -0.381 e. The Kier molecular flexibility index (Phi) is 1.15. The topological polar surface area (TPSA) is 26.3 Å². The van der Waals surface area contributed by atoms with Gasteiger partial charge >= 0.3 is 0 Å². The molecule has 0 N–H and O–H groups in total. The van der Waals surface area contributed by atoms with Gasteiger partial charge in [0.1, 0.15) is 5.78 Å². The maximum atomic E-state index is 10.9. The first kappa shape index (κ1) is 6.35. The molecule has 56 valence electrons. The molecule has 0 radical (unpaired) electrons. The first-order valence-corrected chi connectivity index (χ1v) is 3.83. The molecule has 1 aliphatic heterocycles. The normalized spacial score (nSPS) is 44.3. The Morgan fingerprint density at radius 3 is 2.90 bits per heavy atom. The molecule has 0 amide bonds. The van der Waals surface area contributed by atoms with Gasteiger partial charge < -0.3 is 4.74 Å². The fourth-order valence-corrected chi connectivity index (χ4v) is 1.98. The van der Waals surface area contributed by atoms with E-state index in [0.717, 1.165) is 26.1 Å². The maximum absolute atomic E-state index is 10.9. The smallest absolute Gasteiger partial charge is 0.133 e. The summed E-state index contributed by atoms with van der Waals surface area (Å²) in [6, 6.07) is 0. The molecule has 0 aromatic carbocycles. The van der Waals surface area contributed by atoms with Crippen LogP contribution in [0, 0.1) is 11.3 Å². The lowest BCUT2D eigenvalue weighted by atomic mass is 10.0. The predicted molar refractivity (Wildman–Crippen MR) is 36.7 cm³/mol. The van der Waals surface area contributed by atoms with Crippen LogP contribution in [0.5, 0.6) is 0 Å². The Bertz CT molecular complexity index is 168. The minimum atomic E-state index is 0.311. The molecule has 1 saturated heterocycles. The summed E-state index contributed by atoms with van der Waals surface area (Å²) in [5.41, 5.74) is 0.311. The maximum Gasteiger partial charge on any atom is 0.133 e. The Balaban J connectivity index is 2.04. The van der Waals surface area contributed by atoms with Gasteiger partial charge in [-0.15, -0.1) is 0 Å². The SMILES string of the molecule is CC(=O)C1CC12CCOC2. The average molecular weight is 140 g/mol. The quantitative estimate of drug-likeness (QED) is 0.543. The number of Topliss-reactive ketones (excluding diaryl/α,β-unsaturated/α-hetero) is 1. The second kappa shape index (κ2) is 1.82. The van der Waals surface area contributed by atoms with Crippen LogP contribution < -0.4 is 0 Å². The number of carbonyl (C=O) groups is 1. The van der Waals surface area contributed by atoms with Crippen LogP contribution in [0.2, 0.25) is 0 Å². The van der Waals surface area contributed by atoms with Crippen molar-refractivity contribution < 1.29 is 9.53 Å². The molecule has 0 aromatic rings. The van der Waals surface area contributed by atoms with Gasteiger partial charge in [-0.05, 0) is 19.8 Å². The Morgan fingerprint density at radius 2 is 2.50 bits per heavy atom. The summed E-state index contributed by atoms with van der Waals surface area (Å²) in [6.07, 6.45) is 2.19. The van der Waals surface area contributed by atoms with E-state index in [1.54, 1.807) is 6.92 Å². The molecular weight excluding hydrogens is 128 g/mol. The lowest BCUT2D eigenvalue weighted by Gasteiger charge is -2.01. The number of ether oxygens (including phenoxy) is 1. The fraction of sp³-hybridized carbons (Fsp3) is 0.875. The number of hydrogen-bond donors (Lipinski definition) is 0. The first-order chi connectivity index (χ1) is 4.75. The van der Waals surface area contributed by atoms with Crippen LogP contribution in [0.15, 0.2) is 0 Å². The molecule has 2 rings (SSSR count). The Morgan fingerprint density at radius 1 is 1.70 bits per heavy atom. The largest absolute Gasteiger partial charge is 0.381 e. The number of hydrogen-bond acceptors (Lipinski definition) is 2. The van der Waals surface area contributed by atoms with Gasteiger partial charge in [0.05, 0.1) is 6.61 Å². The zero-order valence-corrected chi connectivity index (χ0v) is 6.22. The molecule has 1 heterocycles. The zero-order chi connectivity index (χ0) is 7.19. The minimum absolute atomic E-state index is 0.311. The lowest BCUT2D eigenvalue weighted by Crippen LogP contribution is -2.07. The summed E-state index contributed by atoms with van der Waals surface area (Å²) in [5, 5.41) is 0. The molecule has 10 heavy (non-hydrogen) atoms. The molecule has 1 saturated carbocycles. The van der Waals surface area contributed by atoms with E-state index < -0.39 is 0 Å². The van der Waals surface area contributed by atoms with Crippen LogP contribution in [0.25, 0.3) is 0 Å². The van der Waals surface area contributed by atoms with Crippen molar-refractivity contribution in [3.8, 4) is 0 Å². The van der Waals surface area contributed by atoms with Gasteiger partial charge in [-0.2, -0.15) is 0 Å². The van der Waals surface area contributed by atoms with Crippen molar-refractivity contribution in [2.45, 2.75) is 19.8 Å². The highest BCUT2D eigenvalue weighted by molar-refractivity contribution is 5.82. The van der Waals surface area contributed by atoms with Crippen molar-refractivity contribution in [1.29, 1.82) is 0 Å². The molecule has 0 bridgehead atoms. The lowest BCUT2D eigenvalue weighted by molar-refractivity contribution is -0.118. The summed E-state index contributed by atoms with van der Waals surface area (Å²) >= 11 is 0. The third-order valence-electron chi connectivity index (χ3n) is 2.81. The molecule has 2 aliphatic rings. The third-order valence-corrected chi connectivity index (χ3v) is 2.81. The van der Waals surface area contributed by atoms with Crippen molar-refractivity contribution in [3.05, 3.63) is 0 Å². The van der Waals surface area contributed by atoms with Crippen molar-refractivity contribution in [3.63, 3.8) is 0 Å². The molecular formula is C8H12O2. The number of ketones is 1. The van der Waals surface area contributed by atoms with Crippen molar-refractivity contribution in [2.24, 2.45) is 11.3 Å². The van der Waals surface area contributed by atoms with E-state index >= 15 is 0 Å². The van der Waals surface area contributed by atoms with Crippen molar-refractivity contribution >= 4 is 5.78 Å². The van der Waals surface area contributed by atoms with E-state index in [1.165, 1.54) is 0 Å². The van der Waals surface area contributed by atoms with E-state index in [1.807, 2.05) is 0 Å². The summed E-state index contributed by atoms with van der Waals surface area (Å²) in [6.45, 7) is 3.39. The van der Waals surface area contributed by atoms with E-state index in [2.05, 4.69) is 0 Å². The summed E-state index contributed by atoms with van der Waals surface area (Å²) < 4.78 is 5.25. The summed E-state index contributed by atoms with van der Waals surface area (Å²) in [7, 11) is 0. The van der Waals surface area contributed by atoms with Crippen molar-refractivity contribution in [2.75, 3.05) is 13.2 Å². The number of rotatable bonds is 1. The number of carbonyl (C=O) groups excluding carboxylic acids is 1. The highest BCUT2D eigenvalue weighted by Gasteiger charge is 2.58. The summed E-state index contributed by atoms with van der Waals surface area (Å²) in [5.74, 6) is 0.695. The van der Waals surface area contributed by atoms with E-state index in [-0.39, 0.29) is 0 Å². The Labute approximate surface area is 60.6 Å². The predicted octanol–water partition coefficient (Wildman–Crippen LogP) is 1.00. The Hall–Kier alpha value is -0.370. The van der Waals surface area contributed by atoms with Gasteiger partial charge in [-0.3, -0.25) is 4.79 Å². The van der Waals surface area contributed by atoms with E-state index in [4.69, 9.17) is 4.74 Å². The van der Waals surface area contributed by atoms with Gasteiger partial charge in [0.25, 0.3) is 0 Å². The van der Waals surface area contributed by atoms with Crippen LogP contribution in [0.3, 0.4) is 0 Å². The van der Waals surface area contributed by atoms with Gasteiger partial charge in [-0.25, -0.2) is 0 Å². The van der Waals surface area contributed by atoms with E-state index in [9.17, 15) is 4.79 Å². The molecule has 2 heteroatoms. The molecule has 2 nitrogen and oxygen atoms in total. The van der Waals surface area contributed by atoms with Gasteiger partial charge in [-0.1, -0.05) is 0 Å². The second-order valence-electron chi connectivity index (χ2n) is 3.53. The van der Waals surface area contributed by atoms with Crippen LogP contribution in [-0.2, 0) is 9.53 Å². The molecule has 1 spiro atoms. The van der Waals surface area contributed by atoms with Crippen molar-refractivity contribution in [1.82, 2.24) is 0 Å². The fourth-order valence-electron chi connectivity index (χ4n) is 1.98. The summed E-state index contributed by atoms with van der Waals surface area (Å²) in [4.78, 5) is 10.9.